The number of urea groups is 1. The van der Waals surface area contributed by atoms with Crippen molar-refractivity contribution in [2.24, 2.45) is 5.92 Å². The highest BCUT2D eigenvalue weighted by molar-refractivity contribution is 7.09. The Hall–Kier alpha value is -1.89. The minimum atomic E-state index is -0.950. The minimum absolute atomic E-state index is 0.0224. The van der Waals surface area contributed by atoms with E-state index in [0.717, 1.165) is 4.88 Å². The fourth-order valence-corrected chi connectivity index (χ4v) is 2.57. The monoisotopic (exact) mass is 312 g/mol. The molecule has 1 heterocycles. The van der Waals surface area contributed by atoms with E-state index in [9.17, 15) is 14.4 Å². The van der Waals surface area contributed by atoms with Crippen LogP contribution in [0.15, 0.2) is 17.5 Å². The third kappa shape index (κ3) is 6.40. The second-order valence-electron chi connectivity index (χ2n) is 4.85. The number of nitrogens with one attached hydrogen (secondary N) is 1. The molecule has 0 fully saturated rings. The molecule has 6 nitrogen and oxygen atoms in total. The predicted octanol–water partition coefficient (Wildman–Crippen LogP) is 2.31. The lowest BCUT2D eigenvalue weighted by molar-refractivity contribution is -0.138. The van der Waals surface area contributed by atoms with E-state index < -0.39 is 17.9 Å². The molecule has 0 spiro atoms. The molecule has 0 aliphatic carbocycles. The molecule has 1 aromatic rings. The lowest BCUT2D eigenvalue weighted by Crippen LogP contribution is -2.42. The van der Waals surface area contributed by atoms with Gasteiger partial charge in [0, 0.05) is 24.3 Å². The zero-order chi connectivity index (χ0) is 15.8. The summed E-state index contributed by atoms with van der Waals surface area (Å²) in [6, 6.07) is 3.39. The molecule has 0 radical (unpaired) electrons. The first-order valence-electron chi connectivity index (χ1n) is 6.75. The average molecular weight is 312 g/mol. The number of rotatable bonds is 7. The third-order valence-corrected chi connectivity index (χ3v) is 3.76. The summed E-state index contributed by atoms with van der Waals surface area (Å²) in [7, 11) is 0. The van der Waals surface area contributed by atoms with Crippen LogP contribution in [-0.4, -0.2) is 34.5 Å². The van der Waals surface area contributed by atoms with Gasteiger partial charge in [-0.15, -0.1) is 11.3 Å². The fraction of sp³-hybridized carbons (Fsp3) is 0.500. The Morgan fingerprint density at radius 2 is 2.10 bits per heavy atom. The zero-order valence-electron chi connectivity index (χ0n) is 12.2. The smallest absolute Gasteiger partial charge is 0.324 e. The number of hydrogen-bond donors (Lipinski definition) is 2. The first kappa shape index (κ1) is 17.2. The van der Waals surface area contributed by atoms with E-state index in [1.165, 1.54) is 4.90 Å². The van der Waals surface area contributed by atoms with Crippen LogP contribution in [0.25, 0.3) is 0 Å². The van der Waals surface area contributed by atoms with Crippen molar-refractivity contribution in [2.75, 3.05) is 6.54 Å². The molecule has 21 heavy (non-hydrogen) atoms. The number of carboxylic acids is 1. The van der Waals surface area contributed by atoms with E-state index in [1.807, 2.05) is 24.4 Å². The Labute approximate surface area is 127 Å². The maximum Gasteiger partial charge on any atom is 0.324 e. The Kier molecular flexibility index (Phi) is 6.87. The highest BCUT2D eigenvalue weighted by atomic mass is 32.1. The topological polar surface area (TPSA) is 86.7 Å². The summed E-state index contributed by atoms with van der Waals surface area (Å²) in [6.45, 7) is 4.45. The number of hydrogen-bond acceptors (Lipinski definition) is 4. The van der Waals surface area contributed by atoms with Crippen LogP contribution in [0.3, 0.4) is 0 Å². The van der Waals surface area contributed by atoms with E-state index in [1.54, 1.807) is 18.3 Å². The number of carbonyl (C=O) groups is 3. The van der Waals surface area contributed by atoms with Crippen molar-refractivity contribution in [2.45, 2.75) is 33.2 Å². The summed E-state index contributed by atoms with van der Waals surface area (Å²) < 4.78 is 0. The average Bonchev–Trinajstić information content (AvgIpc) is 2.86. The number of aliphatic carboxylic acids is 1. The van der Waals surface area contributed by atoms with Crippen molar-refractivity contribution >= 4 is 29.2 Å². The van der Waals surface area contributed by atoms with Gasteiger partial charge < -0.3 is 10.0 Å². The Bertz CT molecular complexity index is 487. The summed E-state index contributed by atoms with van der Waals surface area (Å²) in [4.78, 5) is 36.8. The van der Waals surface area contributed by atoms with Crippen LogP contribution in [0.1, 0.15) is 31.6 Å². The molecule has 116 valence electrons. The van der Waals surface area contributed by atoms with Gasteiger partial charge in [-0.1, -0.05) is 13.0 Å². The molecule has 0 saturated carbocycles. The molecule has 0 aliphatic rings. The van der Waals surface area contributed by atoms with Crippen LogP contribution in [-0.2, 0) is 16.1 Å². The van der Waals surface area contributed by atoms with Gasteiger partial charge in [-0.05, 0) is 24.3 Å². The third-order valence-electron chi connectivity index (χ3n) is 2.90. The highest BCUT2D eigenvalue weighted by Gasteiger charge is 2.18. The number of imide groups is 1. The van der Waals surface area contributed by atoms with Crippen LogP contribution in [0.4, 0.5) is 4.79 Å². The maximum absolute atomic E-state index is 12.0. The molecule has 0 saturated heterocycles. The first-order chi connectivity index (χ1) is 9.92. The van der Waals surface area contributed by atoms with Crippen LogP contribution >= 0.6 is 11.3 Å². The van der Waals surface area contributed by atoms with Gasteiger partial charge in [-0.25, -0.2) is 4.79 Å². The second kappa shape index (κ2) is 8.41. The first-order valence-corrected chi connectivity index (χ1v) is 7.63. The molecule has 1 rings (SSSR count). The summed E-state index contributed by atoms with van der Waals surface area (Å²) in [5.74, 6) is -1.70. The molecule has 1 unspecified atom stereocenters. The van der Waals surface area contributed by atoms with Crippen molar-refractivity contribution in [1.82, 2.24) is 10.2 Å². The van der Waals surface area contributed by atoms with Gasteiger partial charge in [0.25, 0.3) is 0 Å². The van der Waals surface area contributed by atoms with Crippen LogP contribution in [0, 0.1) is 5.92 Å². The van der Waals surface area contributed by atoms with E-state index in [0.29, 0.717) is 13.1 Å². The number of amides is 3. The van der Waals surface area contributed by atoms with E-state index in [2.05, 4.69) is 5.32 Å². The number of thiophene rings is 1. The van der Waals surface area contributed by atoms with Crippen LogP contribution in [0.2, 0.25) is 0 Å². The van der Waals surface area contributed by atoms with E-state index >= 15 is 0 Å². The SMILES string of the molecule is CCN(Cc1cccs1)C(=O)NC(=O)CC(C)CC(=O)O. The maximum atomic E-state index is 12.0. The molecule has 7 heteroatoms. The molecule has 0 aromatic carbocycles. The molecule has 0 bridgehead atoms. The van der Waals surface area contributed by atoms with Gasteiger partial charge in [0.05, 0.1) is 6.54 Å². The molecular formula is C14H20N2O4S. The van der Waals surface area contributed by atoms with E-state index in [-0.39, 0.29) is 18.8 Å². The summed E-state index contributed by atoms with van der Waals surface area (Å²) in [6.07, 6.45) is -0.0666. The van der Waals surface area contributed by atoms with Crippen molar-refractivity contribution in [1.29, 1.82) is 0 Å². The number of carboxylic acid groups (broad SMARTS) is 1. The fourth-order valence-electron chi connectivity index (χ4n) is 1.85. The van der Waals surface area contributed by atoms with E-state index in [4.69, 9.17) is 5.11 Å². The van der Waals surface area contributed by atoms with Gasteiger partial charge in [0.1, 0.15) is 0 Å². The largest absolute Gasteiger partial charge is 0.481 e. The standard InChI is InChI=1S/C14H20N2O4S/c1-3-16(9-11-5-4-6-21-11)14(20)15-12(17)7-10(2)8-13(18)19/h4-6,10H,3,7-9H2,1-2H3,(H,18,19)(H,15,17,20). The van der Waals surface area contributed by atoms with Crippen molar-refractivity contribution in [3.05, 3.63) is 22.4 Å². The second-order valence-corrected chi connectivity index (χ2v) is 5.89. The lowest BCUT2D eigenvalue weighted by Gasteiger charge is -2.20. The molecule has 3 amide bonds. The van der Waals surface area contributed by atoms with Gasteiger partial charge in [-0.3, -0.25) is 14.9 Å². The van der Waals surface area contributed by atoms with Crippen molar-refractivity contribution in [3.8, 4) is 0 Å². The highest BCUT2D eigenvalue weighted by Crippen LogP contribution is 2.12. The summed E-state index contributed by atoms with van der Waals surface area (Å²) in [5.41, 5.74) is 0. The molecule has 1 atom stereocenters. The number of nitrogens with zero attached hydrogens (tertiary/aromatic N) is 1. The molecule has 1 aromatic heterocycles. The minimum Gasteiger partial charge on any atom is -0.481 e. The van der Waals surface area contributed by atoms with Gasteiger partial charge in [0.2, 0.25) is 5.91 Å². The lowest BCUT2D eigenvalue weighted by atomic mass is 10.0. The summed E-state index contributed by atoms with van der Waals surface area (Å²) >= 11 is 1.55. The quantitative estimate of drug-likeness (QED) is 0.809. The molecule has 0 aliphatic heterocycles. The van der Waals surface area contributed by atoms with Crippen LogP contribution in [0.5, 0.6) is 0 Å². The Balaban J connectivity index is 2.46. The molecule has 2 N–H and O–H groups in total. The number of carbonyl (C=O) groups excluding carboxylic acids is 2. The predicted molar refractivity (Wildman–Crippen MR) is 80.0 cm³/mol. The Morgan fingerprint density at radius 3 is 2.62 bits per heavy atom. The zero-order valence-corrected chi connectivity index (χ0v) is 13.0. The normalized spacial score (nSPS) is 11.7. The van der Waals surface area contributed by atoms with Gasteiger partial charge >= 0.3 is 12.0 Å². The van der Waals surface area contributed by atoms with Crippen LogP contribution < -0.4 is 5.32 Å². The summed E-state index contributed by atoms with van der Waals surface area (Å²) in [5, 5.41) is 12.9. The van der Waals surface area contributed by atoms with Crippen molar-refractivity contribution < 1.29 is 19.5 Å². The molecular weight excluding hydrogens is 292 g/mol. The van der Waals surface area contributed by atoms with Gasteiger partial charge in [-0.2, -0.15) is 0 Å². The Morgan fingerprint density at radius 1 is 1.38 bits per heavy atom. The van der Waals surface area contributed by atoms with Gasteiger partial charge in [0.15, 0.2) is 0 Å². The van der Waals surface area contributed by atoms with Crippen molar-refractivity contribution in [3.63, 3.8) is 0 Å².